The molecule has 6 nitrogen and oxygen atoms in total. The highest BCUT2D eigenvalue weighted by atomic mass is 16.5. The van der Waals surface area contributed by atoms with E-state index in [1.54, 1.807) is 6.20 Å². The van der Waals surface area contributed by atoms with Crippen LogP contribution in [0, 0.1) is 0 Å². The van der Waals surface area contributed by atoms with Crippen molar-refractivity contribution in [2.45, 2.75) is 57.5 Å². The third kappa shape index (κ3) is 6.34. The number of carbonyl (C=O) groups is 2. The molecule has 0 radical (unpaired) electrons. The van der Waals surface area contributed by atoms with Crippen molar-refractivity contribution in [1.82, 2.24) is 15.2 Å². The first-order chi connectivity index (χ1) is 16.4. The molecule has 180 valence electrons. The van der Waals surface area contributed by atoms with Gasteiger partial charge in [0.05, 0.1) is 13.2 Å². The molecule has 3 rings (SSSR count). The molecule has 2 unspecified atom stereocenters. The summed E-state index contributed by atoms with van der Waals surface area (Å²) < 4.78 is 5.21. The predicted octanol–water partition coefficient (Wildman–Crippen LogP) is 4.70. The SMILES string of the molecule is C=C/C=C(\OC)C(=O)NC(Cc1ccc(C(C)C)cc1)C(=O)N1CCCCC1c1cccnc1. The summed E-state index contributed by atoms with van der Waals surface area (Å²) in [5.74, 6) is 0.0110. The van der Waals surface area contributed by atoms with E-state index in [1.165, 1.54) is 24.8 Å². The Labute approximate surface area is 202 Å². The summed E-state index contributed by atoms with van der Waals surface area (Å²) >= 11 is 0. The lowest BCUT2D eigenvalue weighted by molar-refractivity contribution is -0.139. The number of hydrogen-bond acceptors (Lipinski definition) is 4. The fraction of sp³-hybridized carbons (Fsp3) is 0.393. The maximum Gasteiger partial charge on any atom is 0.286 e. The van der Waals surface area contributed by atoms with Crippen LogP contribution >= 0.6 is 0 Å². The Morgan fingerprint density at radius 2 is 2.00 bits per heavy atom. The first-order valence-electron chi connectivity index (χ1n) is 11.9. The molecule has 0 bridgehead atoms. The monoisotopic (exact) mass is 461 g/mol. The minimum absolute atomic E-state index is 0.0525. The molecular formula is C28H35N3O3. The molecule has 1 aromatic heterocycles. The second-order valence-electron chi connectivity index (χ2n) is 8.93. The zero-order chi connectivity index (χ0) is 24.5. The van der Waals surface area contributed by atoms with Crippen molar-refractivity contribution in [3.8, 4) is 0 Å². The highest BCUT2D eigenvalue weighted by Crippen LogP contribution is 2.31. The topological polar surface area (TPSA) is 71.5 Å². The first kappa shape index (κ1) is 25.2. The smallest absolute Gasteiger partial charge is 0.286 e. The van der Waals surface area contributed by atoms with Gasteiger partial charge >= 0.3 is 0 Å². The fourth-order valence-electron chi connectivity index (χ4n) is 4.36. The summed E-state index contributed by atoms with van der Waals surface area (Å²) in [6.07, 6.45) is 9.80. The van der Waals surface area contributed by atoms with Crippen molar-refractivity contribution in [1.29, 1.82) is 0 Å². The molecule has 0 spiro atoms. The molecule has 2 heterocycles. The van der Waals surface area contributed by atoms with E-state index in [-0.39, 0.29) is 17.7 Å². The molecule has 6 heteroatoms. The van der Waals surface area contributed by atoms with Crippen LogP contribution in [0.5, 0.6) is 0 Å². The van der Waals surface area contributed by atoms with E-state index >= 15 is 0 Å². The number of hydrogen-bond donors (Lipinski definition) is 1. The summed E-state index contributed by atoms with van der Waals surface area (Å²) in [6, 6.07) is 11.4. The van der Waals surface area contributed by atoms with Crippen molar-refractivity contribution in [3.63, 3.8) is 0 Å². The number of benzene rings is 1. The van der Waals surface area contributed by atoms with Crippen molar-refractivity contribution in [2.75, 3.05) is 13.7 Å². The third-order valence-electron chi connectivity index (χ3n) is 6.26. The number of nitrogens with zero attached hydrogens (tertiary/aromatic N) is 2. The average Bonchev–Trinajstić information content (AvgIpc) is 2.87. The number of rotatable bonds is 9. The zero-order valence-corrected chi connectivity index (χ0v) is 20.4. The standard InChI is InChI=1S/C28H35N3O3/c1-5-9-26(34-4)27(32)30-24(18-21-12-14-22(15-13-21)20(2)3)28(33)31-17-7-6-11-25(31)23-10-8-16-29-19-23/h5,8-10,12-16,19-20,24-25H,1,6-7,11,17-18H2,2-4H3,(H,30,32)/b26-9-. The number of likely N-dealkylation sites (tertiary alicyclic amines) is 1. The Balaban J connectivity index is 1.89. The number of pyridine rings is 1. The molecule has 0 aliphatic carbocycles. The molecule has 1 N–H and O–H groups in total. The lowest BCUT2D eigenvalue weighted by Gasteiger charge is -2.38. The van der Waals surface area contributed by atoms with Gasteiger partial charge in [0, 0.05) is 25.4 Å². The lowest BCUT2D eigenvalue weighted by Crippen LogP contribution is -2.52. The van der Waals surface area contributed by atoms with Crippen LogP contribution in [0.2, 0.25) is 0 Å². The van der Waals surface area contributed by atoms with E-state index < -0.39 is 11.9 Å². The molecule has 1 aliphatic heterocycles. The van der Waals surface area contributed by atoms with Gasteiger partial charge in [-0.05, 0) is 54.0 Å². The van der Waals surface area contributed by atoms with Crippen LogP contribution in [0.15, 0.2) is 73.3 Å². The van der Waals surface area contributed by atoms with Gasteiger partial charge in [0.2, 0.25) is 5.91 Å². The summed E-state index contributed by atoms with van der Waals surface area (Å²) in [7, 11) is 1.43. The number of allylic oxidation sites excluding steroid dienone is 2. The van der Waals surface area contributed by atoms with Crippen LogP contribution in [0.3, 0.4) is 0 Å². The van der Waals surface area contributed by atoms with E-state index in [0.29, 0.717) is 18.9 Å². The average molecular weight is 462 g/mol. The van der Waals surface area contributed by atoms with Gasteiger partial charge in [0.25, 0.3) is 5.91 Å². The summed E-state index contributed by atoms with van der Waals surface area (Å²) in [6.45, 7) is 8.58. The van der Waals surface area contributed by atoms with Crippen molar-refractivity contribution < 1.29 is 14.3 Å². The number of carbonyl (C=O) groups excluding carboxylic acids is 2. The molecular weight excluding hydrogens is 426 g/mol. The molecule has 34 heavy (non-hydrogen) atoms. The first-order valence-corrected chi connectivity index (χ1v) is 11.9. The largest absolute Gasteiger partial charge is 0.491 e. The van der Waals surface area contributed by atoms with Crippen LogP contribution in [0.25, 0.3) is 0 Å². The number of nitrogens with one attached hydrogen (secondary N) is 1. The number of amides is 2. The lowest BCUT2D eigenvalue weighted by atomic mass is 9.94. The molecule has 2 aromatic rings. The molecule has 2 atom stereocenters. The number of ether oxygens (including phenoxy) is 1. The van der Waals surface area contributed by atoms with E-state index in [4.69, 9.17) is 4.74 Å². The quantitative estimate of drug-likeness (QED) is 0.334. The highest BCUT2D eigenvalue weighted by molar-refractivity contribution is 5.96. The van der Waals surface area contributed by atoms with Crippen molar-refractivity contribution in [3.05, 3.63) is 90.0 Å². The van der Waals surface area contributed by atoms with Crippen LogP contribution in [-0.4, -0.2) is 41.4 Å². The van der Waals surface area contributed by atoms with Crippen molar-refractivity contribution in [2.24, 2.45) is 0 Å². The van der Waals surface area contributed by atoms with Crippen LogP contribution < -0.4 is 5.32 Å². The molecule has 1 aromatic carbocycles. The Kier molecular flexibility index (Phi) is 9.02. The van der Waals surface area contributed by atoms with E-state index in [9.17, 15) is 9.59 Å². The minimum atomic E-state index is -0.724. The second kappa shape index (κ2) is 12.2. The van der Waals surface area contributed by atoms with Gasteiger partial charge in [-0.15, -0.1) is 0 Å². The van der Waals surface area contributed by atoms with Gasteiger partial charge in [-0.25, -0.2) is 0 Å². The van der Waals surface area contributed by atoms with Gasteiger partial charge in [-0.3, -0.25) is 14.6 Å². The molecule has 0 saturated carbocycles. The fourth-order valence-corrected chi connectivity index (χ4v) is 4.36. The normalized spacial score (nSPS) is 17.2. The molecule has 2 amide bonds. The van der Waals surface area contributed by atoms with Gasteiger partial charge in [-0.2, -0.15) is 0 Å². The predicted molar refractivity (Wildman–Crippen MR) is 134 cm³/mol. The van der Waals surface area contributed by atoms with Gasteiger partial charge in [-0.1, -0.05) is 56.8 Å². The summed E-state index contributed by atoms with van der Waals surface area (Å²) in [5, 5.41) is 2.92. The molecule has 1 aliphatic rings. The number of aromatic nitrogens is 1. The zero-order valence-electron chi connectivity index (χ0n) is 20.4. The molecule has 1 saturated heterocycles. The van der Waals surface area contributed by atoms with Gasteiger partial charge < -0.3 is 15.0 Å². The Morgan fingerprint density at radius 3 is 2.62 bits per heavy atom. The van der Waals surface area contributed by atoms with Crippen LogP contribution in [0.1, 0.15) is 61.8 Å². The van der Waals surface area contributed by atoms with Crippen molar-refractivity contribution >= 4 is 11.8 Å². The Morgan fingerprint density at radius 1 is 1.24 bits per heavy atom. The minimum Gasteiger partial charge on any atom is -0.491 e. The van der Waals surface area contributed by atoms with E-state index in [1.807, 2.05) is 35.4 Å². The Bertz CT molecular complexity index is 999. The van der Waals surface area contributed by atoms with Gasteiger partial charge in [0.1, 0.15) is 6.04 Å². The second-order valence-corrected chi connectivity index (χ2v) is 8.93. The molecule has 1 fully saturated rings. The van der Waals surface area contributed by atoms with E-state index in [2.05, 4.69) is 42.9 Å². The van der Waals surface area contributed by atoms with Gasteiger partial charge in [0.15, 0.2) is 5.76 Å². The maximum absolute atomic E-state index is 13.9. The summed E-state index contributed by atoms with van der Waals surface area (Å²) in [5.41, 5.74) is 3.25. The van der Waals surface area contributed by atoms with Crippen LogP contribution in [-0.2, 0) is 20.7 Å². The number of methoxy groups -OCH3 is 1. The maximum atomic E-state index is 13.9. The Hall–Kier alpha value is -3.41. The van der Waals surface area contributed by atoms with Crippen LogP contribution in [0.4, 0.5) is 0 Å². The third-order valence-corrected chi connectivity index (χ3v) is 6.26. The summed E-state index contributed by atoms with van der Waals surface area (Å²) in [4.78, 5) is 32.9. The van der Waals surface area contributed by atoms with E-state index in [0.717, 1.165) is 30.4 Å². The highest BCUT2D eigenvalue weighted by Gasteiger charge is 2.34. The number of piperidine rings is 1.